The van der Waals surface area contributed by atoms with E-state index < -0.39 is 0 Å². The number of hydrogen-bond acceptors (Lipinski definition) is 3. The Labute approximate surface area is 128 Å². The van der Waals surface area contributed by atoms with Crippen molar-refractivity contribution in [3.63, 3.8) is 0 Å². The predicted octanol–water partition coefficient (Wildman–Crippen LogP) is 2.67. The van der Waals surface area contributed by atoms with Crippen LogP contribution in [0.25, 0.3) is 0 Å². The van der Waals surface area contributed by atoms with Crippen molar-refractivity contribution in [2.45, 2.75) is 25.3 Å². The van der Waals surface area contributed by atoms with Crippen LogP contribution in [0.2, 0.25) is 0 Å². The van der Waals surface area contributed by atoms with Crippen LogP contribution in [0.4, 0.5) is 0 Å². The SMILES string of the molecule is CNC1(C)CCN(C(=O)c2ccc(Br)cc2OC)CC1. The molecule has 0 spiro atoms. The summed E-state index contributed by atoms with van der Waals surface area (Å²) >= 11 is 3.39. The molecule has 1 saturated heterocycles. The lowest BCUT2D eigenvalue weighted by molar-refractivity contribution is 0.0658. The van der Waals surface area contributed by atoms with Crippen molar-refractivity contribution in [2.75, 3.05) is 27.2 Å². The molecule has 0 aromatic heterocycles. The fourth-order valence-corrected chi connectivity index (χ4v) is 2.81. The molecule has 0 aliphatic carbocycles. The smallest absolute Gasteiger partial charge is 0.257 e. The summed E-state index contributed by atoms with van der Waals surface area (Å²) < 4.78 is 6.22. The first-order valence-electron chi connectivity index (χ1n) is 6.81. The minimum atomic E-state index is 0.0486. The first kappa shape index (κ1) is 15.3. The van der Waals surface area contributed by atoms with E-state index in [-0.39, 0.29) is 11.4 Å². The molecule has 1 fully saturated rings. The number of halogens is 1. The second kappa shape index (κ2) is 6.14. The van der Waals surface area contributed by atoms with E-state index in [1.54, 1.807) is 7.11 Å². The highest BCUT2D eigenvalue weighted by Gasteiger charge is 2.31. The standard InChI is InChI=1S/C15H21BrN2O2/c1-15(17-2)6-8-18(9-7-15)14(19)12-5-4-11(16)10-13(12)20-3/h4-5,10,17H,6-9H2,1-3H3. The Morgan fingerprint density at radius 2 is 2.05 bits per heavy atom. The molecule has 20 heavy (non-hydrogen) atoms. The molecular formula is C15H21BrN2O2. The molecule has 4 nitrogen and oxygen atoms in total. The van der Waals surface area contributed by atoms with Gasteiger partial charge in [-0.25, -0.2) is 0 Å². The van der Waals surface area contributed by atoms with Gasteiger partial charge in [0, 0.05) is 23.1 Å². The number of likely N-dealkylation sites (tertiary alicyclic amines) is 1. The molecule has 0 radical (unpaired) electrons. The van der Waals surface area contributed by atoms with Gasteiger partial charge in [-0.15, -0.1) is 0 Å². The van der Waals surface area contributed by atoms with Crippen molar-refractivity contribution in [3.05, 3.63) is 28.2 Å². The van der Waals surface area contributed by atoms with Gasteiger partial charge in [0.25, 0.3) is 5.91 Å². The number of hydrogen-bond donors (Lipinski definition) is 1. The molecule has 2 rings (SSSR count). The quantitative estimate of drug-likeness (QED) is 0.919. The van der Waals surface area contributed by atoms with E-state index in [2.05, 4.69) is 28.2 Å². The lowest BCUT2D eigenvalue weighted by atomic mass is 9.89. The van der Waals surface area contributed by atoms with Gasteiger partial charge < -0.3 is 15.0 Å². The summed E-state index contributed by atoms with van der Waals surface area (Å²) in [6.07, 6.45) is 1.93. The Balaban J connectivity index is 2.13. The molecule has 1 aromatic rings. The summed E-state index contributed by atoms with van der Waals surface area (Å²) in [6, 6.07) is 5.52. The molecular weight excluding hydrogens is 320 g/mol. The molecule has 1 aromatic carbocycles. The maximum atomic E-state index is 12.6. The third kappa shape index (κ3) is 3.15. The van der Waals surface area contributed by atoms with Crippen LogP contribution in [0.15, 0.2) is 22.7 Å². The number of ether oxygens (including phenoxy) is 1. The first-order chi connectivity index (χ1) is 9.49. The Morgan fingerprint density at radius 1 is 1.40 bits per heavy atom. The van der Waals surface area contributed by atoms with Crippen LogP contribution in [0, 0.1) is 0 Å². The Hall–Kier alpha value is -1.07. The third-order valence-corrected chi connectivity index (χ3v) is 4.64. The predicted molar refractivity (Wildman–Crippen MR) is 83.3 cm³/mol. The largest absolute Gasteiger partial charge is 0.496 e. The fourth-order valence-electron chi connectivity index (χ4n) is 2.47. The molecule has 1 aliphatic rings. The molecule has 1 heterocycles. The monoisotopic (exact) mass is 340 g/mol. The number of methoxy groups -OCH3 is 1. The van der Waals surface area contributed by atoms with Crippen molar-refractivity contribution in [3.8, 4) is 5.75 Å². The Kier molecular flexibility index (Phi) is 4.70. The number of piperidine rings is 1. The van der Waals surface area contributed by atoms with Crippen molar-refractivity contribution < 1.29 is 9.53 Å². The molecule has 1 aliphatic heterocycles. The number of nitrogens with one attached hydrogen (secondary N) is 1. The van der Waals surface area contributed by atoms with Crippen molar-refractivity contribution in [1.29, 1.82) is 0 Å². The van der Waals surface area contributed by atoms with E-state index in [1.807, 2.05) is 30.1 Å². The fraction of sp³-hybridized carbons (Fsp3) is 0.533. The highest BCUT2D eigenvalue weighted by molar-refractivity contribution is 9.10. The topological polar surface area (TPSA) is 41.6 Å². The number of carbonyl (C=O) groups excluding carboxylic acids is 1. The van der Waals surface area contributed by atoms with Gasteiger partial charge in [-0.3, -0.25) is 4.79 Å². The zero-order valence-corrected chi connectivity index (χ0v) is 13.8. The van der Waals surface area contributed by atoms with Crippen LogP contribution in [0.1, 0.15) is 30.1 Å². The summed E-state index contributed by atoms with van der Waals surface area (Å²) in [5.74, 6) is 0.666. The van der Waals surface area contributed by atoms with Gasteiger partial charge in [0.15, 0.2) is 0 Å². The van der Waals surface area contributed by atoms with Gasteiger partial charge >= 0.3 is 0 Å². The van der Waals surface area contributed by atoms with Gasteiger partial charge in [-0.05, 0) is 45.0 Å². The van der Waals surface area contributed by atoms with Gasteiger partial charge in [-0.1, -0.05) is 15.9 Å². The molecule has 1 amide bonds. The van der Waals surface area contributed by atoms with Gasteiger partial charge in [-0.2, -0.15) is 0 Å². The number of nitrogens with zero attached hydrogens (tertiary/aromatic N) is 1. The van der Waals surface area contributed by atoms with Gasteiger partial charge in [0.2, 0.25) is 0 Å². The lowest BCUT2D eigenvalue weighted by Crippen LogP contribution is -2.51. The summed E-state index contributed by atoms with van der Waals surface area (Å²) in [6.45, 7) is 3.75. The van der Waals surface area contributed by atoms with E-state index in [0.29, 0.717) is 11.3 Å². The molecule has 0 bridgehead atoms. The molecule has 5 heteroatoms. The van der Waals surface area contributed by atoms with Crippen LogP contribution in [0.5, 0.6) is 5.75 Å². The summed E-state index contributed by atoms with van der Waals surface area (Å²) in [7, 11) is 3.57. The number of carbonyl (C=O) groups is 1. The zero-order chi connectivity index (χ0) is 14.8. The highest BCUT2D eigenvalue weighted by Crippen LogP contribution is 2.27. The second-order valence-electron chi connectivity index (χ2n) is 5.45. The van der Waals surface area contributed by atoms with Crippen molar-refractivity contribution >= 4 is 21.8 Å². The van der Waals surface area contributed by atoms with Crippen LogP contribution in [-0.2, 0) is 0 Å². The van der Waals surface area contributed by atoms with Crippen LogP contribution in [0.3, 0.4) is 0 Å². The molecule has 0 unspecified atom stereocenters. The van der Waals surface area contributed by atoms with E-state index in [4.69, 9.17) is 4.74 Å². The molecule has 0 atom stereocenters. The van der Waals surface area contributed by atoms with Gasteiger partial charge in [0.1, 0.15) is 5.75 Å². The number of benzene rings is 1. The summed E-state index contributed by atoms with van der Waals surface area (Å²) in [5, 5.41) is 3.34. The van der Waals surface area contributed by atoms with Crippen molar-refractivity contribution in [2.24, 2.45) is 0 Å². The van der Waals surface area contributed by atoms with Crippen molar-refractivity contribution in [1.82, 2.24) is 10.2 Å². The average Bonchev–Trinajstić information content (AvgIpc) is 2.47. The Bertz CT molecular complexity index is 497. The van der Waals surface area contributed by atoms with E-state index in [0.717, 1.165) is 30.4 Å². The van der Waals surface area contributed by atoms with E-state index in [1.165, 1.54) is 0 Å². The normalized spacial score (nSPS) is 17.9. The molecule has 110 valence electrons. The molecule has 0 saturated carbocycles. The minimum absolute atomic E-state index is 0.0486. The lowest BCUT2D eigenvalue weighted by Gasteiger charge is -2.39. The Morgan fingerprint density at radius 3 is 2.60 bits per heavy atom. The number of rotatable bonds is 3. The van der Waals surface area contributed by atoms with E-state index >= 15 is 0 Å². The second-order valence-corrected chi connectivity index (χ2v) is 6.36. The third-order valence-electron chi connectivity index (χ3n) is 4.15. The summed E-state index contributed by atoms with van der Waals surface area (Å²) in [4.78, 5) is 14.5. The van der Waals surface area contributed by atoms with Gasteiger partial charge in [0.05, 0.1) is 12.7 Å². The van der Waals surface area contributed by atoms with E-state index in [9.17, 15) is 4.79 Å². The maximum Gasteiger partial charge on any atom is 0.257 e. The number of amides is 1. The minimum Gasteiger partial charge on any atom is -0.496 e. The average molecular weight is 341 g/mol. The van der Waals surface area contributed by atoms with Crippen LogP contribution in [-0.4, -0.2) is 43.6 Å². The van der Waals surface area contributed by atoms with Crippen LogP contribution >= 0.6 is 15.9 Å². The maximum absolute atomic E-state index is 12.6. The highest BCUT2D eigenvalue weighted by atomic mass is 79.9. The molecule has 1 N–H and O–H groups in total. The van der Waals surface area contributed by atoms with Crippen LogP contribution < -0.4 is 10.1 Å². The zero-order valence-electron chi connectivity index (χ0n) is 12.2. The first-order valence-corrected chi connectivity index (χ1v) is 7.60. The summed E-state index contributed by atoms with van der Waals surface area (Å²) in [5.41, 5.74) is 0.768.